The van der Waals surface area contributed by atoms with Crippen molar-refractivity contribution in [2.45, 2.75) is 44.6 Å². The number of rotatable bonds is 6. The Balaban J connectivity index is 1.92. The van der Waals surface area contributed by atoms with Crippen LogP contribution in [-0.2, 0) is 0 Å². The highest BCUT2D eigenvalue weighted by atomic mass is 19.4. The fourth-order valence-electron chi connectivity index (χ4n) is 5.03. The predicted octanol–water partition coefficient (Wildman–Crippen LogP) is 7.08. The van der Waals surface area contributed by atoms with Crippen molar-refractivity contribution < 1.29 is 22.7 Å². The van der Waals surface area contributed by atoms with Gasteiger partial charge in [-0.1, -0.05) is 25.5 Å². The maximum atomic E-state index is 14.1. The standard InChI is InChI=1S/C28H23F3N4O2/c1-3-15-27(2)25(21-5-4-6-24(16-21)37-28(29,30)31)34(22-11-7-19(17-32)8-12-22)26(36)35(27)23-13-9-20(18-33)10-14-23/h4-14,16,25H,3,15H2,1-2H3/t25-,27+/m1/s1. The molecule has 0 N–H and O–H groups in total. The van der Waals surface area contributed by atoms with Crippen LogP contribution in [0.3, 0.4) is 0 Å². The Morgan fingerprint density at radius 1 is 0.946 bits per heavy atom. The summed E-state index contributed by atoms with van der Waals surface area (Å²) in [6.07, 6.45) is -3.65. The fourth-order valence-corrected chi connectivity index (χ4v) is 5.03. The van der Waals surface area contributed by atoms with Crippen LogP contribution < -0.4 is 14.5 Å². The van der Waals surface area contributed by atoms with Crippen LogP contribution in [0.15, 0.2) is 72.8 Å². The number of carbonyl (C=O) groups is 1. The van der Waals surface area contributed by atoms with E-state index in [1.54, 1.807) is 64.4 Å². The van der Waals surface area contributed by atoms with Gasteiger partial charge in [-0.05, 0) is 79.6 Å². The molecule has 1 aliphatic heterocycles. The zero-order valence-corrected chi connectivity index (χ0v) is 20.2. The van der Waals surface area contributed by atoms with E-state index in [-0.39, 0.29) is 11.8 Å². The van der Waals surface area contributed by atoms with Gasteiger partial charge in [-0.15, -0.1) is 13.2 Å². The summed E-state index contributed by atoms with van der Waals surface area (Å²) in [4.78, 5) is 17.3. The van der Waals surface area contributed by atoms with E-state index in [2.05, 4.69) is 10.8 Å². The minimum absolute atomic E-state index is 0.377. The van der Waals surface area contributed by atoms with Crippen molar-refractivity contribution in [2.24, 2.45) is 0 Å². The number of anilines is 2. The summed E-state index contributed by atoms with van der Waals surface area (Å²) >= 11 is 0. The van der Waals surface area contributed by atoms with Crippen LogP contribution in [0, 0.1) is 22.7 Å². The number of nitrogens with zero attached hydrogens (tertiary/aromatic N) is 4. The highest BCUT2D eigenvalue weighted by Crippen LogP contribution is 2.50. The van der Waals surface area contributed by atoms with Gasteiger partial charge in [0.05, 0.1) is 34.8 Å². The summed E-state index contributed by atoms with van der Waals surface area (Å²) < 4.78 is 43.2. The van der Waals surface area contributed by atoms with Gasteiger partial charge in [-0.3, -0.25) is 9.80 Å². The first kappa shape index (κ1) is 25.6. The number of hydrogen-bond donors (Lipinski definition) is 0. The maximum Gasteiger partial charge on any atom is 0.573 e. The van der Waals surface area contributed by atoms with E-state index in [4.69, 9.17) is 0 Å². The predicted molar refractivity (Wildman–Crippen MR) is 132 cm³/mol. The Morgan fingerprint density at radius 2 is 1.51 bits per heavy atom. The number of amides is 2. The van der Waals surface area contributed by atoms with E-state index in [1.165, 1.54) is 18.2 Å². The number of alkyl halides is 3. The smallest absolute Gasteiger partial charge is 0.406 e. The number of benzene rings is 3. The third-order valence-corrected chi connectivity index (χ3v) is 6.45. The lowest BCUT2D eigenvalue weighted by molar-refractivity contribution is -0.274. The zero-order chi connectivity index (χ0) is 26.8. The lowest BCUT2D eigenvalue weighted by Gasteiger charge is -2.39. The van der Waals surface area contributed by atoms with Crippen molar-refractivity contribution in [3.05, 3.63) is 89.5 Å². The topological polar surface area (TPSA) is 80.4 Å². The molecule has 0 radical (unpaired) electrons. The van der Waals surface area contributed by atoms with Crippen molar-refractivity contribution in [3.8, 4) is 17.9 Å². The molecule has 1 saturated heterocycles. The van der Waals surface area contributed by atoms with Crippen LogP contribution in [0.2, 0.25) is 0 Å². The molecule has 1 heterocycles. The molecule has 3 aromatic carbocycles. The molecule has 1 aliphatic rings. The number of ether oxygens (including phenoxy) is 1. The molecule has 9 heteroatoms. The van der Waals surface area contributed by atoms with Gasteiger partial charge in [-0.25, -0.2) is 4.79 Å². The molecular formula is C28H23F3N4O2. The first-order valence-corrected chi connectivity index (χ1v) is 11.6. The van der Waals surface area contributed by atoms with Crippen molar-refractivity contribution >= 4 is 17.4 Å². The van der Waals surface area contributed by atoms with E-state index in [0.717, 1.165) is 0 Å². The Kier molecular flexibility index (Phi) is 6.82. The molecular weight excluding hydrogens is 481 g/mol. The van der Waals surface area contributed by atoms with Crippen LogP contribution in [0.4, 0.5) is 29.3 Å². The van der Waals surface area contributed by atoms with Crippen molar-refractivity contribution in [1.82, 2.24) is 0 Å². The Bertz CT molecular complexity index is 1370. The van der Waals surface area contributed by atoms with Gasteiger partial charge < -0.3 is 4.74 Å². The molecule has 2 atom stereocenters. The molecule has 2 amide bonds. The van der Waals surface area contributed by atoms with Gasteiger partial charge in [0.15, 0.2) is 0 Å². The molecule has 4 rings (SSSR count). The van der Waals surface area contributed by atoms with E-state index < -0.39 is 17.9 Å². The highest BCUT2D eigenvalue weighted by Gasteiger charge is 2.55. The van der Waals surface area contributed by atoms with Crippen LogP contribution >= 0.6 is 0 Å². The van der Waals surface area contributed by atoms with Gasteiger partial charge in [0.25, 0.3) is 0 Å². The van der Waals surface area contributed by atoms with Crippen molar-refractivity contribution in [1.29, 1.82) is 10.5 Å². The zero-order valence-electron chi connectivity index (χ0n) is 20.2. The highest BCUT2D eigenvalue weighted by molar-refractivity contribution is 6.08. The molecule has 188 valence electrons. The molecule has 0 unspecified atom stereocenters. The second-order valence-corrected chi connectivity index (χ2v) is 8.94. The number of carbonyl (C=O) groups excluding carboxylic acids is 1. The summed E-state index contributed by atoms with van der Waals surface area (Å²) in [6.45, 7) is 3.87. The van der Waals surface area contributed by atoms with Crippen molar-refractivity contribution in [3.63, 3.8) is 0 Å². The van der Waals surface area contributed by atoms with Gasteiger partial charge in [-0.2, -0.15) is 10.5 Å². The third kappa shape index (κ3) is 4.94. The second-order valence-electron chi connectivity index (χ2n) is 8.94. The van der Waals surface area contributed by atoms with E-state index in [9.17, 15) is 28.5 Å². The summed E-state index contributed by atoms with van der Waals surface area (Å²) in [5, 5.41) is 18.4. The second kappa shape index (κ2) is 9.87. The number of nitriles is 2. The number of hydrogen-bond acceptors (Lipinski definition) is 4. The van der Waals surface area contributed by atoms with E-state index in [1.807, 2.05) is 19.9 Å². The normalized spacial score (nSPS) is 19.4. The van der Waals surface area contributed by atoms with Crippen LogP contribution in [0.5, 0.6) is 5.75 Å². The molecule has 37 heavy (non-hydrogen) atoms. The average molecular weight is 505 g/mol. The molecule has 0 bridgehead atoms. The van der Waals surface area contributed by atoms with Crippen LogP contribution in [-0.4, -0.2) is 17.9 Å². The number of halogens is 3. The molecule has 3 aromatic rings. The minimum atomic E-state index is -4.86. The lowest BCUT2D eigenvalue weighted by Crippen LogP contribution is -2.46. The van der Waals surface area contributed by atoms with E-state index >= 15 is 0 Å². The third-order valence-electron chi connectivity index (χ3n) is 6.45. The van der Waals surface area contributed by atoms with Gasteiger partial charge >= 0.3 is 12.4 Å². The van der Waals surface area contributed by atoms with E-state index in [0.29, 0.717) is 40.9 Å². The van der Waals surface area contributed by atoms with Crippen molar-refractivity contribution in [2.75, 3.05) is 9.80 Å². The summed E-state index contributed by atoms with van der Waals surface area (Å²) in [6, 6.07) is 21.8. The van der Waals surface area contributed by atoms with Crippen LogP contribution in [0.25, 0.3) is 0 Å². The first-order valence-electron chi connectivity index (χ1n) is 11.6. The Morgan fingerprint density at radius 3 is 2.03 bits per heavy atom. The van der Waals surface area contributed by atoms with Gasteiger partial charge in [0, 0.05) is 11.4 Å². The maximum absolute atomic E-state index is 14.1. The number of urea groups is 1. The van der Waals surface area contributed by atoms with Crippen LogP contribution in [0.1, 0.15) is 49.4 Å². The molecule has 0 aliphatic carbocycles. The SMILES string of the molecule is CCC[C@@]1(C)[C@@H](c2cccc(OC(F)(F)F)c2)N(c2ccc(C#N)cc2)C(=O)N1c1ccc(C#N)cc1. The lowest BCUT2D eigenvalue weighted by atomic mass is 9.82. The van der Waals surface area contributed by atoms with Gasteiger partial charge in [0.2, 0.25) is 0 Å². The molecule has 6 nitrogen and oxygen atoms in total. The Labute approximate surface area is 212 Å². The summed E-state index contributed by atoms with van der Waals surface area (Å²) in [5.41, 5.74) is 1.48. The molecule has 1 fully saturated rings. The molecule has 0 aromatic heterocycles. The minimum Gasteiger partial charge on any atom is -0.406 e. The quantitative estimate of drug-likeness (QED) is 0.359. The fraction of sp³-hybridized carbons (Fsp3) is 0.250. The monoisotopic (exact) mass is 504 g/mol. The Hall–Kier alpha value is -4.50. The average Bonchev–Trinajstić information content (AvgIpc) is 3.09. The summed E-state index contributed by atoms with van der Waals surface area (Å²) in [7, 11) is 0. The molecule has 0 saturated carbocycles. The van der Waals surface area contributed by atoms with Gasteiger partial charge in [0.1, 0.15) is 5.75 Å². The first-order chi connectivity index (χ1) is 17.6. The summed E-state index contributed by atoms with van der Waals surface area (Å²) in [5.74, 6) is -0.382. The largest absolute Gasteiger partial charge is 0.573 e. The molecule has 0 spiro atoms.